The Balaban J connectivity index is 3.51. The van der Waals surface area contributed by atoms with E-state index in [1.807, 2.05) is 0 Å². The zero-order chi connectivity index (χ0) is 9.78. The van der Waals surface area contributed by atoms with E-state index in [2.05, 4.69) is 5.32 Å². The minimum absolute atomic E-state index is 0.413. The van der Waals surface area contributed by atoms with E-state index in [4.69, 9.17) is 5.73 Å². The van der Waals surface area contributed by atoms with Crippen molar-refractivity contribution in [3.8, 4) is 0 Å². The van der Waals surface area contributed by atoms with Gasteiger partial charge in [-0.2, -0.15) is 13.2 Å². The predicted octanol–water partition coefficient (Wildman–Crippen LogP) is 0.402. The molecular weight excluding hydrogens is 173 g/mol. The summed E-state index contributed by atoms with van der Waals surface area (Å²) in [5, 5.41) is 2.05. The monoisotopic (exact) mass is 184 g/mol. The zero-order valence-corrected chi connectivity index (χ0v) is 6.61. The molecule has 72 valence electrons. The molecule has 6 heteroatoms. The SMILES string of the molecule is C[C@H](N)C(=O)NCCC(F)(F)F. The summed E-state index contributed by atoms with van der Waals surface area (Å²) in [4.78, 5) is 10.6. The van der Waals surface area contributed by atoms with Crippen molar-refractivity contribution in [2.75, 3.05) is 6.54 Å². The number of hydrogen-bond acceptors (Lipinski definition) is 2. The first kappa shape index (κ1) is 11.2. The van der Waals surface area contributed by atoms with Gasteiger partial charge < -0.3 is 11.1 Å². The number of alkyl halides is 3. The van der Waals surface area contributed by atoms with Crippen LogP contribution in [0.25, 0.3) is 0 Å². The van der Waals surface area contributed by atoms with E-state index < -0.39 is 31.1 Å². The number of amides is 1. The Morgan fingerprint density at radius 1 is 1.58 bits per heavy atom. The van der Waals surface area contributed by atoms with E-state index in [9.17, 15) is 18.0 Å². The summed E-state index contributed by atoms with van der Waals surface area (Å²) < 4.78 is 34.6. The fourth-order valence-corrected chi connectivity index (χ4v) is 0.488. The summed E-state index contributed by atoms with van der Waals surface area (Å²) in [6.07, 6.45) is -5.25. The zero-order valence-electron chi connectivity index (χ0n) is 6.61. The van der Waals surface area contributed by atoms with Gasteiger partial charge in [-0.25, -0.2) is 0 Å². The Bertz CT molecular complexity index is 155. The second-order valence-electron chi connectivity index (χ2n) is 2.44. The Morgan fingerprint density at radius 3 is 2.42 bits per heavy atom. The smallest absolute Gasteiger partial charge is 0.354 e. The average Bonchev–Trinajstić information content (AvgIpc) is 1.84. The number of carbonyl (C=O) groups excluding carboxylic acids is 1. The summed E-state index contributed by atoms with van der Waals surface area (Å²) >= 11 is 0. The maximum atomic E-state index is 11.5. The second-order valence-corrected chi connectivity index (χ2v) is 2.44. The lowest BCUT2D eigenvalue weighted by atomic mass is 10.3. The minimum Gasteiger partial charge on any atom is -0.354 e. The molecule has 0 aliphatic rings. The number of hydrogen-bond donors (Lipinski definition) is 2. The summed E-state index contributed by atoms with van der Waals surface area (Å²) in [6.45, 7) is 0.993. The van der Waals surface area contributed by atoms with Gasteiger partial charge in [0, 0.05) is 6.54 Å². The standard InChI is InChI=1S/C6H11F3N2O/c1-4(10)5(12)11-3-2-6(7,8)9/h4H,2-3,10H2,1H3,(H,11,12)/t4-/m0/s1. The number of halogens is 3. The van der Waals surface area contributed by atoms with Crippen LogP contribution in [0.3, 0.4) is 0 Å². The van der Waals surface area contributed by atoms with Crippen molar-refractivity contribution in [3.63, 3.8) is 0 Å². The maximum absolute atomic E-state index is 11.5. The molecule has 0 saturated carbocycles. The summed E-state index contributed by atoms with van der Waals surface area (Å²) in [7, 11) is 0. The first-order valence-corrected chi connectivity index (χ1v) is 3.43. The van der Waals surface area contributed by atoms with Crippen molar-refractivity contribution in [2.45, 2.75) is 25.6 Å². The molecule has 1 amide bonds. The molecule has 0 aliphatic heterocycles. The van der Waals surface area contributed by atoms with Gasteiger partial charge in [0.25, 0.3) is 0 Å². The van der Waals surface area contributed by atoms with Crippen LogP contribution in [0.15, 0.2) is 0 Å². The summed E-state index contributed by atoms with van der Waals surface area (Å²) in [5.74, 6) is -0.570. The number of rotatable bonds is 3. The number of nitrogens with two attached hydrogens (primary N) is 1. The largest absolute Gasteiger partial charge is 0.390 e. The topological polar surface area (TPSA) is 55.1 Å². The molecule has 0 spiro atoms. The van der Waals surface area contributed by atoms with Crippen LogP contribution >= 0.6 is 0 Å². The lowest BCUT2D eigenvalue weighted by molar-refractivity contribution is -0.135. The fourth-order valence-electron chi connectivity index (χ4n) is 0.488. The van der Waals surface area contributed by atoms with Crippen LogP contribution in [0.5, 0.6) is 0 Å². The molecule has 0 unspecified atom stereocenters. The normalized spacial score (nSPS) is 14.1. The van der Waals surface area contributed by atoms with Crippen molar-refractivity contribution >= 4 is 5.91 Å². The molecule has 0 radical (unpaired) electrons. The lowest BCUT2D eigenvalue weighted by Gasteiger charge is -2.09. The van der Waals surface area contributed by atoms with Crippen LogP contribution in [0.1, 0.15) is 13.3 Å². The predicted molar refractivity (Wildman–Crippen MR) is 37.3 cm³/mol. The van der Waals surface area contributed by atoms with Crippen LogP contribution in [0, 0.1) is 0 Å². The van der Waals surface area contributed by atoms with Gasteiger partial charge in [-0.1, -0.05) is 0 Å². The van der Waals surface area contributed by atoms with E-state index >= 15 is 0 Å². The van der Waals surface area contributed by atoms with Gasteiger partial charge in [0.05, 0.1) is 12.5 Å². The van der Waals surface area contributed by atoms with Gasteiger partial charge in [0.2, 0.25) is 5.91 Å². The molecule has 1 atom stereocenters. The van der Waals surface area contributed by atoms with Crippen molar-refractivity contribution in [1.82, 2.24) is 5.32 Å². The van der Waals surface area contributed by atoms with Gasteiger partial charge in [-0.3, -0.25) is 4.79 Å². The highest BCUT2D eigenvalue weighted by molar-refractivity contribution is 5.80. The Labute approximate surface area is 68.1 Å². The summed E-state index contributed by atoms with van der Waals surface area (Å²) in [6, 6.07) is -0.766. The quantitative estimate of drug-likeness (QED) is 0.667. The van der Waals surface area contributed by atoms with Crippen molar-refractivity contribution in [1.29, 1.82) is 0 Å². The fraction of sp³-hybridized carbons (Fsp3) is 0.833. The molecule has 3 nitrogen and oxygen atoms in total. The maximum Gasteiger partial charge on any atom is 0.390 e. The average molecular weight is 184 g/mol. The van der Waals surface area contributed by atoms with Gasteiger partial charge in [0.15, 0.2) is 0 Å². The highest BCUT2D eigenvalue weighted by atomic mass is 19.4. The third-order valence-electron chi connectivity index (χ3n) is 1.12. The Morgan fingerprint density at radius 2 is 2.08 bits per heavy atom. The van der Waals surface area contributed by atoms with E-state index in [0.29, 0.717) is 0 Å². The molecule has 3 N–H and O–H groups in total. The van der Waals surface area contributed by atoms with Crippen molar-refractivity contribution in [3.05, 3.63) is 0 Å². The van der Waals surface area contributed by atoms with E-state index in [1.165, 1.54) is 6.92 Å². The number of nitrogens with one attached hydrogen (secondary N) is 1. The third-order valence-corrected chi connectivity index (χ3v) is 1.12. The van der Waals surface area contributed by atoms with E-state index in [-0.39, 0.29) is 0 Å². The highest BCUT2D eigenvalue weighted by Crippen LogP contribution is 2.17. The lowest BCUT2D eigenvalue weighted by Crippen LogP contribution is -2.39. The first-order valence-electron chi connectivity index (χ1n) is 3.43. The molecule has 0 bridgehead atoms. The minimum atomic E-state index is -4.23. The Hall–Kier alpha value is -0.780. The molecule has 0 heterocycles. The van der Waals surface area contributed by atoms with Crippen LogP contribution in [-0.4, -0.2) is 24.7 Å². The Kier molecular flexibility index (Phi) is 4.02. The van der Waals surface area contributed by atoms with Gasteiger partial charge in [-0.05, 0) is 6.92 Å². The molecule has 0 aromatic heterocycles. The first-order chi connectivity index (χ1) is 5.33. The third kappa shape index (κ3) is 5.96. The second kappa shape index (κ2) is 4.30. The van der Waals surface area contributed by atoms with Crippen molar-refractivity contribution in [2.24, 2.45) is 5.73 Å². The molecule has 12 heavy (non-hydrogen) atoms. The molecule has 0 rings (SSSR count). The molecular formula is C6H11F3N2O. The van der Waals surface area contributed by atoms with Crippen molar-refractivity contribution < 1.29 is 18.0 Å². The number of carbonyl (C=O) groups is 1. The van der Waals surface area contributed by atoms with Crippen LogP contribution in [-0.2, 0) is 4.79 Å². The van der Waals surface area contributed by atoms with E-state index in [0.717, 1.165) is 0 Å². The molecule has 0 saturated heterocycles. The van der Waals surface area contributed by atoms with Gasteiger partial charge in [-0.15, -0.1) is 0 Å². The molecule has 0 aromatic rings. The van der Waals surface area contributed by atoms with Gasteiger partial charge >= 0.3 is 6.18 Å². The summed E-state index contributed by atoms with van der Waals surface area (Å²) in [5.41, 5.74) is 5.09. The molecule has 0 aromatic carbocycles. The molecule has 0 fully saturated rings. The van der Waals surface area contributed by atoms with Crippen LogP contribution in [0.2, 0.25) is 0 Å². The van der Waals surface area contributed by atoms with Crippen LogP contribution in [0.4, 0.5) is 13.2 Å². The van der Waals surface area contributed by atoms with Gasteiger partial charge in [0.1, 0.15) is 0 Å². The van der Waals surface area contributed by atoms with Crippen LogP contribution < -0.4 is 11.1 Å². The van der Waals surface area contributed by atoms with E-state index in [1.54, 1.807) is 0 Å². The molecule has 0 aliphatic carbocycles. The highest BCUT2D eigenvalue weighted by Gasteiger charge is 2.26.